The van der Waals surface area contributed by atoms with Crippen LogP contribution in [-0.4, -0.2) is 18.9 Å². The van der Waals surface area contributed by atoms with Crippen molar-refractivity contribution >= 4 is 5.78 Å². The number of hydrogen-bond donors (Lipinski definition) is 1. The number of rotatable bonds is 4. The zero-order valence-corrected chi connectivity index (χ0v) is 12.4. The van der Waals surface area contributed by atoms with Crippen LogP contribution in [0.4, 0.5) is 0 Å². The molecular formula is C19H18N2O. The van der Waals surface area contributed by atoms with Crippen molar-refractivity contribution in [2.24, 2.45) is 0 Å². The first-order chi connectivity index (χ1) is 10.8. The second-order valence-corrected chi connectivity index (χ2v) is 5.72. The SMILES string of the molecule is N#Cc1ccc(C(=O)Cc2ccc(C3CCNC3)cc2)cc1. The minimum atomic E-state index is 0.0831. The normalized spacial score (nSPS) is 17.1. The molecule has 1 N–H and O–H groups in total. The van der Waals surface area contributed by atoms with Crippen molar-refractivity contribution < 1.29 is 4.79 Å². The van der Waals surface area contributed by atoms with Gasteiger partial charge in [0.1, 0.15) is 0 Å². The summed E-state index contributed by atoms with van der Waals surface area (Å²) >= 11 is 0. The summed E-state index contributed by atoms with van der Waals surface area (Å²) in [5.74, 6) is 0.683. The van der Waals surface area contributed by atoms with Gasteiger partial charge in [-0.05, 0) is 42.1 Å². The second-order valence-electron chi connectivity index (χ2n) is 5.72. The lowest BCUT2D eigenvalue weighted by Gasteiger charge is -2.09. The molecule has 1 saturated heterocycles. The molecule has 0 aromatic heterocycles. The number of nitriles is 1. The van der Waals surface area contributed by atoms with Gasteiger partial charge < -0.3 is 5.32 Å². The average Bonchev–Trinajstić information content (AvgIpc) is 3.10. The maximum absolute atomic E-state index is 12.3. The Morgan fingerprint density at radius 3 is 2.45 bits per heavy atom. The molecule has 0 bridgehead atoms. The number of nitrogens with zero attached hydrogens (tertiary/aromatic N) is 1. The van der Waals surface area contributed by atoms with E-state index < -0.39 is 0 Å². The highest BCUT2D eigenvalue weighted by atomic mass is 16.1. The fraction of sp³-hybridized carbons (Fsp3) is 0.263. The van der Waals surface area contributed by atoms with Crippen molar-refractivity contribution in [1.29, 1.82) is 5.26 Å². The molecule has 110 valence electrons. The van der Waals surface area contributed by atoms with Gasteiger partial charge in [0.25, 0.3) is 0 Å². The van der Waals surface area contributed by atoms with E-state index >= 15 is 0 Å². The Hall–Kier alpha value is -2.44. The number of nitrogens with one attached hydrogen (secondary N) is 1. The summed E-state index contributed by atoms with van der Waals surface area (Å²) < 4.78 is 0. The summed E-state index contributed by atoms with van der Waals surface area (Å²) in [5.41, 5.74) is 3.61. The maximum Gasteiger partial charge on any atom is 0.167 e. The smallest absolute Gasteiger partial charge is 0.167 e. The number of hydrogen-bond acceptors (Lipinski definition) is 3. The lowest BCUT2D eigenvalue weighted by Crippen LogP contribution is -2.08. The molecule has 2 aromatic rings. The molecule has 1 unspecified atom stereocenters. The van der Waals surface area contributed by atoms with Gasteiger partial charge in [0.15, 0.2) is 5.78 Å². The van der Waals surface area contributed by atoms with Crippen LogP contribution >= 0.6 is 0 Å². The predicted octanol–water partition coefficient (Wildman–Crippen LogP) is 3.06. The van der Waals surface area contributed by atoms with Crippen molar-refractivity contribution in [3.8, 4) is 6.07 Å². The topological polar surface area (TPSA) is 52.9 Å². The van der Waals surface area contributed by atoms with Gasteiger partial charge in [0.2, 0.25) is 0 Å². The van der Waals surface area contributed by atoms with Crippen molar-refractivity contribution in [3.63, 3.8) is 0 Å². The van der Waals surface area contributed by atoms with Crippen LogP contribution in [0.1, 0.15) is 39.4 Å². The molecule has 2 aromatic carbocycles. The third-order valence-corrected chi connectivity index (χ3v) is 4.21. The lowest BCUT2D eigenvalue weighted by molar-refractivity contribution is 0.0993. The van der Waals surface area contributed by atoms with Gasteiger partial charge >= 0.3 is 0 Å². The largest absolute Gasteiger partial charge is 0.316 e. The minimum Gasteiger partial charge on any atom is -0.316 e. The second kappa shape index (κ2) is 6.55. The molecular weight excluding hydrogens is 272 g/mol. The molecule has 1 heterocycles. The Morgan fingerprint density at radius 1 is 1.14 bits per heavy atom. The molecule has 3 rings (SSSR count). The molecule has 0 amide bonds. The van der Waals surface area contributed by atoms with E-state index in [1.807, 2.05) is 0 Å². The van der Waals surface area contributed by atoms with Crippen LogP contribution in [0, 0.1) is 11.3 Å². The van der Waals surface area contributed by atoms with Crippen LogP contribution in [0.25, 0.3) is 0 Å². The average molecular weight is 290 g/mol. The van der Waals surface area contributed by atoms with Gasteiger partial charge in [-0.2, -0.15) is 5.26 Å². The molecule has 0 aliphatic carbocycles. The van der Waals surface area contributed by atoms with E-state index in [9.17, 15) is 4.79 Å². The van der Waals surface area contributed by atoms with E-state index in [0.717, 1.165) is 18.7 Å². The van der Waals surface area contributed by atoms with E-state index in [2.05, 4.69) is 35.7 Å². The van der Waals surface area contributed by atoms with Gasteiger partial charge in [0, 0.05) is 18.5 Å². The Morgan fingerprint density at radius 2 is 1.86 bits per heavy atom. The van der Waals surface area contributed by atoms with Gasteiger partial charge in [-0.25, -0.2) is 0 Å². The molecule has 0 spiro atoms. The monoisotopic (exact) mass is 290 g/mol. The summed E-state index contributed by atoms with van der Waals surface area (Å²) in [6.07, 6.45) is 1.58. The third-order valence-electron chi connectivity index (χ3n) is 4.21. The van der Waals surface area contributed by atoms with Crippen LogP contribution < -0.4 is 5.32 Å². The zero-order valence-electron chi connectivity index (χ0n) is 12.4. The van der Waals surface area contributed by atoms with Crippen LogP contribution in [0.2, 0.25) is 0 Å². The van der Waals surface area contributed by atoms with Crippen molar-refractivity contribution in [1.82, 2.24) is 5.32 Å². The Bertz CT molecular complexity index is 690. The number of benzene rings is 2. The number of carbonyl (C=O) groups is 1. The Labute approximate surface area is 130 Å². The fourth-order valence-corrected chi connectivity index (χ4v) is 2.86. The molecule has 22 heavy (non-hydrogen) atoms. The molecule has 1 aliphatic rings. The molecule has 3 heteroatoms. The van der Waals surface area contributed by atoms with E-state index in [0.29, 0.717) is 23.5 Å². The predicted molar refractivity (Wildman–Crippen MR) is 85.9 cm³/mol. The molecule has 1 fully saturated rings. The van der Waals surface area contributed by atoms with Crippen molar-refractivity contribution in [3.05, 3.63) is 70.8 Å². The van der Waals surface area contributed by atoms with Crippen LogP contribution in [0.5, 0.6) is 0 Å². The highest BCUT2D eigenvalue weighted by Crippen LogP contribution is 2.22. The van der Waals surface area contributed by atoms with Gasteiger partial charge in [-0.1, -0.05) is 36.4 Å². The molecule has 1 aliphatic heterocycles. The first kappa shape index (κ1) is 14.5. The summed E-state index contributed by atoms with van der Waals surface area (Å²) in [6, 6.07) is 17.2. The van der Waals surface area contributed by atoms with Gasteiger partial charge in [-0.3, -0.25) is 4.79 Å². The number of carbonyl (C=O) groups excluding carboxylic acids is 1. The summed E-state index contributed by atoms with van der Waals surface area (Å²) in [5, 5.41) is 12.2. The first-order valence-corrected chi connectivity index (χ1v) is 7.59. The standard InChI is InChI=1S/C19H18N2O/c20-12-15-3-7-17(8-4-15)19(22)11-14-1-5-16(6-2-14)18-9-10-21-13-18/h1-8,18,21H,9-11,13H2. The zero-order chi connectivity index (χ0) is 15.4. The Balaban J connectivity index is 1.66. The van der Waals surface area contributed by atoms with E-state index in [1.165, 1.54) is 12.0 Å². The highest BCUT2D eigenvalue weighted by Gasteiger charge is 2.16. The number of ketones is 1. The first-order valence-electron chi connectivity index (χ1n) is 7.59. The fourth-order valence-electron chi connectivity index (χ4n) is 2.86. The molecule has 0 radical (unpaired) electrons. The number of Topliss-reactive ketones (excluding diaryl/α,β-unsaturated/α-hetero) is 1. The van der Waals surface area contributed by atoms with Crippen LogP contribution in [-0.2, 0) is 6.42 Å². The molecule has 1 atom stereocenters. The Kier molecular flexibility index (Phi) is 4.32. The van der Waals surface area contributed by atoms with Gasteiger partial charge in [-0.15, -0.1) is 0 Å². The van der Waals surface area contributed by atoms with E-state index in [-0.39, 0.29) is 5.78 Å². The summed E-state index contributed by atoms with van der Waals surface area (Å²) in [6.45, 7) is 2.13. The summed E-state index contributed by atoms with van der Waals surface area (Å²) in [7, 11) is 0. The quantitative estimate of drug-likeness (QED) is 0.880. The van der Waals surface area contributed by atoms with Crippen LogP contribution in [0.15, 0.2) is 48.5 Å². The summed E-state index contributed by atoms with van der Waals surface area (Å²) in [4.78, 5) is 12.3. The minimum absolute atomic E-state index is 0.0831. The molecule has 3 nitrogen and oxygen atoms in total. The van der Waals surface area contributed by atoms with E-state index in [1.54, 1.807) is 24.3 Å². The van der Waals surface area contributed by atoms with Gasteiger partial charge in [0.05, 0.1) is 11.6 Å². The molecule has 0 saturated carbocycles. The van der Waals surface area contributed by atoms with Crippen molar-refractivity contribution in [2.45, 2.75) is 18.8 Å². The lowest BCUT2D eigenvalue weighted by atomic mass is 9.95. The van der Waals surface area contributed by atoms with E-state index in [4.69, 9.17) is 5.26 Å². The third kappa shape index (κ3) is 3.24. The van der Waals surface area contributed by atoms with Crippen molar-refractivity contribution in [2.75, 3.05) is 13.1 Å². The van der Waals surface area contributed by atoms with Crippen LogP contribution in [0.3, 0.4) is 0 Å². The maximum atomic E-state index is 12.3. The highest BCUT2D eigenvalue weighted by molar-refractivity contribution is 5.97.